The van der Waals surface area contributed by atoms with Crippen LogP contribution in [0.2, 0.25) is 5.02 Å². The second-order valence-corrected chi connectivity index (χ2v) is 7.55. The van der Waals surface area contributed by atoms with E-state index in [1.165, 1.54) is 44.0 Å². The van der Waals surface area contributed by atoms with Crippen LogP contribution in [0.25, 0.3) is 5.78 Å². The molecular formula is C20H24ClN5O. The van der Waals surface area contributed by atoms with Crippen molar-refractivity contribution in [1.82, 2.24) is 19.6 Å². The Morgan fingerprint density at radius 1 is 1.26 bits per heavy atom. The number of nitrogens with zero attached hydrogens (tertiary/aromatic N) is 4. The Kier molecular flexibility index (Phi) is 5.55. The summed E-state index contributed by atoms with van der Waals surface area (Å²) in [6, 6.07) is 10.3. The molecule has 0 saturated heterocycles. The lowest BCUT2D eigenvalue weighted by Crippen LogP contribution is -2.24. The minimum Gasteiger partial charge on any atom is -0.378 e. The molecule has 27 heavy (non-hydrogen) atoms. The van der Waals surface area contributed by atoms with Crippen molar-refractivity contribution >= 4 is 23.2 Å². The molecule has 7 heteroatoms. The van der Waals surface area contributed by atoms with E-state index in [4.69, 9.17) is 16.3 Å². The van der Waals surface area contributed by atoms with Crippen LogP contribution in [0.15, 0.2) is 36.7 Å². The van der Waals surface area contributed by atoms with Gasteiger partial charge in [-0.1, -0.05) is 43.0 Å². The van der Waals surface area contributed by atoms with E-state index >= 15 is 0 Å². The minimum absolute atomic E-state index is 0.161. The molecule has 0 spiro atoms. The summed E-state index contributed by atoms with van der Waals surface area (Å²) in [4.78, 5) is 8.75. The van der Waals surface area contributed by atoms with Crippen molar-refractivity contribution < 1.29 is 4.74 Å². The highest BCUT2D eigenvalue weighted by atomic mass is 35.5. The Balaban J connectivity index is 1.72. The lowest BCUT2D eigenvalue weighted by atomic mass is 9.81. The second-order valence-electron chi connectivity index (χ2n) is 7.11. The lowest BCUT2D eigenvalue weighted by molar-refractivity contribution is 0.181. The van der Waals surface area contributed by atoms with Crippen LogP contribution < -0.4 is 5.32 Å². The van der Waals surface area contributed by atoms with Crippen molar-refractivity contribution in [2.75, 3.05) is 12.4 Å². The normalized spacial score (nSPS) is 16.5. The molecule has 0 amide bonds. The van der Waals surface area contributed by atoms with E-state index in [0.29, 0.717) is 18.3 Å². The average Bonchev–Trinajstić information content (AvgIpc) is 3.16. The van der Waals surface area contributed by atoms with E-state index in [-0.39, 0.29) is 6.04 Å². The number of aromatic nitrogens is 4. The highest BCUT2D eigenvalue weighted by Crippen LogP contribution is 2.37. The molecule has 1 aliphatic rings. The van der Waals surface area contributed by atoms with Crippen LogP contribution in [0.5, 0.6) is 0 Å². The van der Waals surface area contributed by atoms with Gasteiger partial charge < -0.3 is 10.1 Å². The quantitative estimate of drug-likeness (QED) is 0.668. The largest absolute Gasteiger partial charge is 0.378 e. The van der Waals surface area contributed by atoms with E-state index in [2.05, 4.69) is 32.5 Å². The first-order valence-corrected chi connectivity index (χ1v) is 9.83. The number of anilines is 1. The number of fused-ring (bicyclic) bond motifs is 1. The molecule has 2 heterocycles. The number of halogens is 1. The first kappa shape index (κ1) is 18.2. The Labute approximate surface area is 163 Å². The summed E-state index contributed by atoms with van der Waals surface area (Å²) in [6.45, 7) is 0.434. The SMILES string of the molecule is COCc1cc(NC(c2cccc(Cl)c2)C2CCCCC2)n2ncnc2n1. The van der Waals surface area contributed by atoms with E-state index in [9.17, 15) is 0 Å². The molecule has 4 rings (SSSR count). The molecule has 3 aromatic rings. The average molecular weight is 386 g/mol. The molecule has 2 aromatic heterocycles. The molecule has 1 saturated carbocycles. The Morgan fingerprint density at radius 2 is 2.11 bits per heavy atom. The summed E-state index contributed by atoms with van der Waals surface area (Å²) >= 11 is 6.29. The summed E-state index contributed by atoms with van der Waals surface area (Å²) < 4.78 is 7.01. The van der Waals surface area contributed by atoms with Gasteiger partial charge in [0.1, 0.15) is 12.1 Å². The van der Waals surface area contributed by atoms with Gasteiger partial charge in [-0.3, -0.25) is 0 Å². The highest BCUT2D eigenvalue weighted by molar-refractivity contribution is 6.30. The van der Waals surface area contributed by atoms with Crippen LogP contribution in [-0.2, 0) is 11.3 Å². The summed E-state index contributed by atoms with van der Waals surface area (Å²) in [7, 11) is 1.67. The highest BCUT2D eigenvalue weighted by Gasteiger charge is 2.26. The van der Waals surface area contributed by atoms with Crippen molar-refractivity contribution in [2.24, 2.45) is 5.92 Å². The molecule has 1 unspecified atom stereocenters. The molecule has 1 N–H and O–H groups in total. The van der Waals surface area contributed by atoms with E-state index in [1.54, 1.807) is 11.6 Å². The molecule has 6 nitrogen and oxygen atoms in total. The number of methoxy groups -OCH3 is 1. The zero-order valence-electron chi connectivity index (χ0n) is 15.4. The first-order chi connectivity index (χ1) is 13.2. The third kappa shape index (κ3) is 4.06. The number of hydrogen-bond acceptors (Lipinski definition) is 5. The second kappa shape index (κ2) is 8.23. The van der Waals surface area contributed by atoms with E-state index in [1.807, 2.05) is 18.2 Å². The monoisotopic (exact) mass is 385 g/mol. The predicted octanol–water partition coefficient (Wildman–Crippen LogP) is 4.66. The Hall–Kier alpha value is -2.18. The van der Waals surface area contributed by atoms with Gasteiger partial charge in [0, 0.05) is 18.2 Å². The van der Waals surface area contributed by atoms with Gasteiger partial charge in [0.25, 0.3) is 5.78 Å². The third-order valence-electron chi connectivity index (χ3n) is 5.23. The third-order valence-corrected chi connectivity index (χ3v) is 5.46. The fourth-order valence-electron chi connectivity index (χ4n) is 3.99. The van der Waals surface area contributed by atoms with Crippen LogP contribution in [-0.4, -0.2) is 26.7 Å². The molecule has 0 bridgehead atoms. The summed E-state index contributed by atoms with van der Waals surface area (Å²) in [5.74, 6) is 2.00. The molecule has 0 aliphatic heterocycles. The van der Waals surface area contributed by atoms with E-state index in [0.717, 1.165) is 16.5 Å². The van der Waals surface area contributed by atoms with Crippen molar-refractivity contribution in [3.8, 4) is 0 Å². The standard InChI is InChI=1S/C20H24ClN5O/c1-27-12-17-11-18(26-20(24-17)22-13-23-26)25-19(14-6-3-2-4-7-14)15-8-5-9-16(21)10-15/h5,8-11,13-14,19,25H,2-4,6-7,12H2,1H3. The maximum Gasteiger partial charge on any atom is 0.254 e. The number of nitrogens with one attached hydrogen (secondary N) is 1. The number of hydrogen-bond donors (Lipinski definition) is 1. The molecule has 1 aliphatic carbocycles. The Morgan fingerprint density at radius 3 is 2.89 bits per heavy atom. The summed E-state index contributed by atoms with van der Waals surface area (Å²) in [5, 5.41) is 8.83. The molecule has 0 radical (unpaired) electrons. The van der Waals surface area contributed by atoms with Crippen LogP contribution in [0.3, 0.4) is 0 Å². The minimum atomic E-state index is 0.161. The van der Waals surface area contributed by atoms with Gasteiger partial charge in [-0.2, -0.15) is 14.6 Å². The zero-order chi connectivity index (χ0) is 18.6. The van der Waals surface area contributed by atoms with Crippen LogP contribution in [0.4, 0.5) is 5.82 Å². The zero-order valence-corrected chi connectivity index (χ0v) is 16.2. The summed E-state index contributed by atoms with van der Waals surface area (Å²) in [5.41, 5.74) is 2.03. The fraction of sp³-hybridized carbons (Fsp3) is 0.450. The Bertz CT molecular complexity index is 906. The van der Waals surface area contributed by atoms with Gasteiger partial charge in [-0.05, 0) is 36.5 Å². The maximum atomic E-state index is 6.29. The fourth-order valence-corrected chi connectivity index (χ4v) is 4.18. The van der Waals surface area contributed by atoms with Gasteiger partial charge >= 0.3 is 0 Å². The number of rotatable bonds is 6. The molecule has 142 valence electrons. The predicted molar refractivity (Wildman–Crippen MR) is 106 cm³/mol. The van der Waals surface area contributed by atoms with Gasteiger partial charge in [-0.15, -0.1) is 0 Å². The molecular weight excluding hydrogens is 362 g/mol. The smallest absolute Gasteiger partial charge is 0.254 e. The molecule has 1 fully saturated rings. The van der Waals surface area contributed by atoms with Crippen molar-refractivity contribution in [1.29, 1.82) is 0 Å². The first-order valence-electron chi connectivity index (χ1n) is 9.45. The van der Waals surface area contributed by atoms with Gasteiger partial charge in [0.2, 0.25) is 0 Å². The van der Waals surface area contributed by atoms with E-state index < -0.39 is 0 Å². The number of ether oxygens (including phenoxy) is 1. The van der Waals surface area contributed by atoms with Crippen LogP contribution in [0, 0.1) is 5.92 Å². The maximum absolute atomic E-state index is 6.29. The van der Waals surface area contributed by atoms with Gasteiger partial charge in [-0.25, -0.2) is 4.98 Å². The molecule has 1 atom stereocenters. The van der Waals surface area contributed by atoms with Crippen LogP contribution >= 0.6 is 11.6 Å². The lowest BCUT2D eigenvalue weighted by Gasteiger charge is -2.32. The van der Waals surface area contributed by atoms with Crippen LogP contribution in [0.1, 0.15) is 49.4 Å². The van der Waals surface area contributed by atoms with Crippen molar-refractivity contribution in [2.45, 2.75) is 44.8 Å². The number of benzene rings is 1. The van der Waals surface area contributed by atoms with Gasteiger partial charge in [0.15, 0.2) is 0 Å². The van der Waals surface area contributed by atoms with Crippen molar-refractivity contribution in [3.05, 3.63) is 52.9 Å². The topological polar surface area (TPSA) is 64.3 Å². The van der Waals surface area contributed by atoms with Gasteiger partial charge in [0.05, 0.1) is 18.3 Å². The molecule has 1 aromatic carbocycles. The van der Waals surface area contributed by atoms with Crippen molar-refractivity contribution in [3.63, 3.8) is 0 Å². The summed E-state index contributed by atoms with van der Waals surface area (Å²) in [6.07, 6.45) is 7.81.